The van der Waals surface area contributed by atoms with Gasteiger partial charge in [-0.15, -0.1) is 0 Å². The first-order valence-corrected chi connectivity index (χ1v) is 5.71. The molecule has 0 aromatic heterocycles. The van der Waals surface area contributed by atoms with Crippen molar-refractivity contribution in [3.05, 3.63) is 23.5 Å². The summed E-state index contributed by atoms with van der Waals surface area (Å²) in [4.78, 5) is 11.4. The Balaban J connectivity index is 2.36. The van der Waals surface area contributed by atoms with Gasteiger partial charge in [0, 0.05) is 18.4 Å². The molecular formula is C13H15FO4. The quantitative estimate of drug-likeness (QED) is 0.830. The molecule has 1 fully saturated rings. The summed E-state index contributed by atoms with van der Waals surface area (Å²) in [5.41, 5.74) is 0.334. The van der Waals surface area contributed by atoms with Crippen LogP contribution >= 0.6 is 0 Å². The lowest BCUT2D eigenvalue weighted by Gasteiger charge is -2.23. The van der Waals surface area contributed by atoms with E-state index in [0.717, 1.165) is 0 Å². The summed E-state index contributed by atoms with van der Waals surface area (Å²) in [5, 5.41) is 0. The molecule has 0 radical (unpaired) electrons. The third kappa shape index (κ3) is 2.31. The summed E-state index contributed by atoms with van der Waals surface area (Å²) >= 11 is 0. The molecule has 0 spiro atoms. The first-order valence-electron chi connectivity index (χ1n) is 5.71. The number of carbonyl (C=O) groups excluding carboxylic acids is 1. The Kier molecular flexibility index (Phi) is 3.81. The normalized spacial score (nSPS) is 19.7. The summed E-state index contributed by atoms with van der Waals surface area (Å²) in [5.74, 6) is -0.0884. The second kappa shape index (κ2) is 5.35. The molecule has 1 aromatic rings. The third-order valence-electron chi connectivity index (χ3n) is 2.97. The van der Waals surface area contributed by atoms with Gasteiger partial charge in [0.25, 0.3) is 0 Å². The van der Waals surface area contributed by atoms with Crippen LogP contribution in [0.3, 0.4) is 0 Å². The van der Waals surface area contributed by atoms with Gasteiger partial charge in [0.1, 0.15) is 5.78 Å². The third-order valence-corrected chi connectivity index (χ3v) is 2.97. The van der Waals surface area contributed by atoms with E-state index in [1.807, 2.05) is 0 Å². The number of halogens is 1. The molecule has 1 saturated heterocycles. The Labute approximate surface area is 105 Å². The molecule has 0 saturated carbocycles. The monoisotopic (exact) mass is 254 g/mol. The first kappa shape index (κ1) is 12.8. The number of hydrogen-bond acceptors (Lipinski definition) is 4. The standard InChI is InChI=1S/C13H15FO4/c1-16-10-4-3-9(12(14)13(10)17-2)11-7-8(15)5-6-18-11/h3-4,11H,5-7H2,1-2H3. The predicted octanol–water partition coefficient (Wildman–Crippen LogP) is 2.26. The highest BCUT2D eigenvalue weighted by molar-refractivity contribution is 5.79. The van der Waals surface area contributed by atoms with Gasteiger partial charge in [-0.3, -0.25) is 4.79 Å². The molecule has 0 aliphatic carbocycles. The van der Waals surface area contributed by atoms with Crippen molar-refractivity contribution in [1.82, 2.24) is 0 Å². The van der Waals surface area contributed by atoms with E-state index < -0.39 is 11.9 Å². The zero-order valence-electron chi connectivity index (χ0n) is 10.4. The van der Waals surface area contributed by atoms with Gasteiger partial charge in [-0.05, 0) is 12.1 Å². The molecule has 0 N–H and O–H groups in total. The minimum atomic E-state index is -0.536. The van der Waals surface area contributed by atoms with Crippen LogP contribution in [0.15, 0.2) is 12.1 Å². The summed E-state index contributed by atoms with van der Waals surface area (Å²) in [7, 11) is 2.81. The van der Waals surface area contributed by atoms with Crippen molar-refractivity contribution in [3.8, 4) is 11.5 Å². The minimum Gasteiger partial charge on any atom is -0.493 e. The van der Waals surface area contributed by atoms with E-state index in [4.69, 9.17) is 14.2 Å². The zero-order chi connectivity index (χ0) is 13.1. The molecule has 0 amide bonds. The van der Waals surface area contributed by atoms with Gasteiger partial charge < -0.3 is 14.2 Å². The van der Waals surface area contributed by atoms with Gasteiger partial charge in [-0.2, -0.15) is 0 Å². The van der Waals surface area contributed by atoms with E-state index in [1.165, 1.54) is 14.2 Å². The van der Waals surface area contributed by atoms with Crippen molar-refractivity contribution >= 4 is 5.78 Å². The average Bonchev–Trinajstić information content (AvgIpc) is 2.38. The van der Waals surface area contributed by atoms with Gasteiger partial charge in [0.05, 0.1) is 26.9 Å². The maximum absolute atomic E-state index is 14.2. The first-order chi connectivity index (χ1) is 8.67. The number of ether oxygens (including phenoxy) is 3. The molecule has 0 bridgehead atoms. The summed E-state index contributed by atoms with van der Waals surface area (Å²) < 4.78 is 29.7. The van der Waals surface area contributed by atoms with Crippen molar-refractivity contribution in [2.24, 2.45) is 0 Å². The van der Waals surface area contributed by atoms with Gasteiger partial charge >= 0.3 is 0 Å². The maximum atomic E-state index is 14.2. The number of benzene rings is 1. The molecule has 98 valence electrons. The number of methoxy groups -OCH3 is 2. The van der Waals surface area contributed by atoms with Crippen LogP contribution in [0, 0.1) is 5.82 Å². The van der Waals surface area contributed by atoms with Crippen molar-refractivity contribution in [2.75, 3.05) is 20.8 Å². The molecular weight excluding hydrogens is 239 g/mol. The molecule has 5 heteroatoms. The van der Waals surface area contributed by atoms with Gasteiger partial charge in [-0.25, -0.2) is 4.39 Å². The fraction of sp³-hybridized carbons (Fsp3) is 0.462. The van der Waals surface area contributed by atoms with Gasteiger partial charge in [0.2, 0.25) is 0 Å². The molecule has 1 heterocycles. The largest absolute Gasteiger partial charge is 0.493 e. The highest BCUT2D eigenvalue weighted by Gasteiger charge is 2.27. The Morgan fingerprint density at radius 1 is 1.33 bits per heavy atom. The molecule has 1 unspecified atom stereocenters. The van der Waals surface area contributed by atoms with Crippen LogP contribution in [0.5, 0.6) is 11.5 Å². The van der Waals surface area contributed by atoms with E-state index in [1.54, 1.807) is 12.1 Å². The van der Waals surface area contributed by atoms with E-state index in [0.29, 0.717) is 24.3 Å². The molecule has 4 nitrogen and oxygen atoms in total. The molecule has 1 atom stereocenters. The Morgan fingerprint density at radius 2 is 2.11 bits per heavy atom. The van der Waals surface area contributed by atoms with E-state index in [2.05, 4.69) is 0 Å². The SMILES string of the molecule is COc1ccc(C2CC(=O)CCO2)c(F)c1OC. The summed E-state index contributed by atoms with van der Waals surface area (Å²) in [6.07, 6.45) is 0.0590. The van der Waals surface area contributed by atoms with Crippen LogP contribution in [0.4, 0.5) is 4.39 Å². The lowest BCUT2D eigenvalue weighted by Crippen LogP contribution is -2.20. The van der Waals surface area contributed by atoms with Crippen molar-refractivity contribution in [1.29, 1.82) is 0 Å². The average molecular weight is 254 g/mol. The Bertz CT molecular complexity index is 459. The molecule has 1 aromatic carbocycles. The Morgan fingerprint density at radius 3 is 2.72 bits per heavy atom. The molecule has 1 aliphatic heterocycles. The lowest BCUT2D eigenvalue weighted by molar-refractivity contribution is -0.128. The second-order valence-corrected chi connectivity index (χ2v) is 4.06. The minimum absolute atomic E-state index is 0.0385. The van der Waals surface area contributed by atoms with Crippen molar-refractivity contribution in [3.63, 3.8) is 0 Å². The number of rotatable bonds is 3. The van der Waals surface area contributed by atoms with Crippen molar-refractivity contribution in [2.45, 2.75) is 18.9 Å². The highest BCUT2D eigenvalue weighted by atomic mass is 19.1. The number of Topliss-reactive ketones (excluding diaryl/α,β-unsaturated/α-hetero) is 1. The highest BCUT2D eigenvalue weighted by Crippen LogP contribution is 2.37. The van der Waals surface area contributed by atoms with Gasteiger partial charge in [-0.1, -0.05) is 0 Å². The molecule has 1 aliphatic rings. The van der Waals surface area contributed by atoms with E-state index in [9.17, 15) is 9.18 Å². The second-order valence-electron chi connectivity index (χ2n) is 4.06. The fourth-order valence-corrected chi connectivity index (χ4v) is 2.04. The van der Waals surface area contributed by atoms with Crippen LogP contribution in [-0.4, -0.2) is 26.6 Å². The van der Waals surface area contributed by atoms with E-state index in [-0.39, 0.29) is 18.0 Å². The topological polar surface area (TPSA) is 44.8 Å². The summed E-state index contributed by atoms with van der Waals surface area (Å²) in [6, 6.07) is 3.18. The number of hydrogen-bond donors (Lipinski definition) is 0. The summed E-state index contributed by atoms with van der Waals surface area (Å²) in [6.45, 7) is 0.331. The van der Waals surface area contributed by atoms with Crippen LogP contribution in [-0.2, 0) is 9.53 Å². The molecule has 2 rings (SSSR count). The molecule has 18 heavy (non-hydrogen) atoms. The fourth-order valence-electron chi connectivity index (χ4n) is 2.04. The van der Waals surface area contributed by atoms with Crippen LogP contribution in [0.25, 0.3) is 0 Å². The number of carbonyl (C=O) groups is 1. The lowest BCUT2D eigenvalue weighted by atomic mass is 9.99. The van der Waals surface area contributed by atoms with Crippen LogP contribution in [0.2, 0.25) is 0 Å². The van der Waals surface area contributed by atoms with E-state index >= 15 is 0 Å². The number of ketones is 1. The smallest absolute Gasteiger partial charge is 0.197 e. The maximum Gasteiger partial charge on any atom is 0.197 e. The van der Waals surface area contributed by atoms with Crippen molar-refractivity contribution < 1.29 is 23.4 Å². The van der Waals surface area contributed by atoms with Gasteiger partial charge in [0.15, 0.2) is 17.3 Å². The Hall–Kier alpha value is -1.62. The van der Waals surface area contributed by atoms with Crippen LogP contribution in [0.1, 0.15) is 24.5 Å². The zero-order valence-corrected chi connectivity index (χ0v) is 10.4. The van der Waals surface area contributed by atoms with Crippen LogP contribution < -0.4 is 9.47 Å². The predicted molar refractivity (Wildman–Crippen MR) is 62.4 cm³/mol.